The Kier molecular flexibility index (Phi) is 3.22. The predicted molar refractivity (Wildman–Crippen MR) is 60.3 cm³/mol. The van der Waals surface area contributed by atoms with Crippen LogP contribution in [0.2, 0.25) is 0 Å². The highest BCUT2D eigenvalue weighted by atomic mass is 19.1. The first-order chi connectivity index (χ1) is 8.58. The maximum Gasteiger partial charge on any atom is 0.255 e. The summed E-state index contributed by atoms with van der Waals surface area (Å²) in [5.41, 5.74) is 0.00256. The zero-order valence-corrected chi connectivity index (χ0v) is 9.51. The number of aromatic hydroxyl groups is 1. The number of H-pyrrole nitrogens is 1. The van der Waals surface area contributed by atoms with Gasteiger partial charge in [0.15, 0.2) is 0 Å². The highest BCUT2D eigenvalue weighted by molar-refractivity contribution is 5.96. The van der Waals surface area contributed by atoms with E-state index >= 15 is 0 Å². The maximum atomic E-state index is 12.8. The first-order valence-corrected chi connectivity index (χ1v) is 5.22. The molecule has 0 spiro atoms. The minimum absolute atomic E-state index is 0.00256. The van der Waals surface area contributed by atoms with Gasteiger partial charge >= 0.3 is 0 Å². The normalized spacial score (nSPS) is 12.1. The molecule has 2 rings (SSSR count). The number of halogens is 1. The average Bonchev–Trinajstić information content (AvgIpc) is 2.81. The number of rotatable bonds is 3. The molecule has 0 aliphatic rings. The van der Waals surface area contributed by atoms with Crippen LogP contribution in [0.3, 0.4) is 0 Å². The fourth-order valence-corrected chi connectivity index (χ4v) is 1.46. The third-order valence-corrected chi connectivity index (χ3v) is 2.40. The number of phenolic OH excluding ortho intramolecular Hbond substituents is 1. The van der Waals surface area contributed by atoms with Gasteiger partial charge in [-0.15, -0.1) is 0 Å². The van der Waals surface area contributed by atoms with E-state index in [-0.39, 0.29) is 5.56 Å². The van der Waals surface area contributed by atoms with Crippen LogP contribution in [0.15, 0.2) is 24.5 Å². The summed E-state index contributed by atoms with van der Waals surface area (Å²) in [6, 6.07) is 2.80. The molecule has 0 radical (unpaired) electrons. The molecule has 0 saturated carbocycles. The SMILES string of the molecule is CC(NC(=O)c1ccc(F)cc1O)c1ncn[nH]1. The highest BCUT2D eigenvalue weighted by Gasteiger charge is 2.16. The summed E-state index contributed by atoms with van der Waals surface area (Å²) in [5.74, 6) is -1.04. The lowest BCUT2D eigenvalue weighted by molar-refractivity contribution is 0.0935. The number of aromatic amines is 1. The molecule has 3 N–H and O–H groups in total. The van der Waals surface area contributed by atoms with Gasteiger partial charge in [0.1, 0.15) is 23.7 Å². The van der Waals surface area contributed by atoms with E-state index in [9.17, 15) is 14.3 Å². The molecule has 18 heavy (non-hydrogen) atoms. The second-order valence-electron chi connectivity index (χ2n) is 3.73. The summed E-state index contributed by atoms with van der Waals surface area (Å²) in [6.45, 7) is 1.71. The molecule has 0 aliphatic carbocycles. The van der Waals surface area contributed by atoms with E-state index in [0.717, 1.165) is 12.1 Å². The maximum absolute atomic E-state index is 12.8. The van der Waals surface area contributed by atoms with E-state index < -0.39 is 23.5 Å². The number of amides is 1. The number of nitrogens with zero attached hydrogens (tertiary/aromatic N) is 2. The van der Waals surface area contributed by atoms with Crippen molar-refractivity contribution in [3.05, 3.63) is 41.7 Å². The lowest BCUT2D eigenvalue weighted by atomic mass is 10.1. The molecule has 6 nitrogen and oxygen atoms in total. The van der Waals surface area contributed by atoms with Crippen molar-refractivity contribution in [1.29, 1.82) is 0 Å². The van der Waals surface area contributed by atoms with Gasteiger partial charge < -0.3 is 10.4 Å². The zero-order chi connectivity index (χ0) is 13.1. The van der Waals surface area contributed by atoms with Crippen LogP contribution in [0.5, 0.6) is 5.75 Å². The van der Waals surface area contributed by atoms with Gasteiger partial charge in [-0.05, 0) is 19.1 Å². The van der Waals surface area contributed by atoms with Crippen molar-refractivity contribution in [3.8, 4) is 5.75 Å². The van der Waals surface area contributed by atoms with Gasteiger partial charge in [-0.1, -0.05) is 0 Å². The molecule has 0 fully saturated rings. The fourth-order valence-electron chi connectivity index (χ4n) is 1.46. The van der Waals surface area contributed by atoms with Gasteiger partial charge in [0.25, 0.3) is 5.91 Å². The van der Waals surface area contributed by atoms with Gasteiger partial charge in [0.05, 0.1) is 11.6 Å². The Morgan fingerprint density at radius 1 is 1.56 bits per heavy atom. The minimum Gasteiger partial charge on any atom is -0.507 e. The van der Waals surface area contributed by atoms with E-state index in [1.54, 1.807) is 6.92 Å². The van der Waals surface area contributed by atoms with Crippen molar-refractivity contribution < 1.29 is 14.3 Å². The van der Waals surface area contributed by atoms with Gasteiger partial charge in [-0.2, -0.15) is 5.10 Å². The highest BCUT2D eigenvalue weighted by Crippen LogP contribution is 2.18. The minimum atomic E-state index is -0.604. The predicted octanol–water partition coefficient (Wildman–Crippen LogP) is 1.14. The molecule has 7 heteroatoms. The smallest absolute Gasteiger partial charge is 0.255 e. The zero-order valence-electron chi connectivity index (χ0n) is 9.51. The lowest BCUT2D eigenvalue weighted by Gasteiger charge is -2.11. The molecule has 1 atom stereocenters. The first-order valence-electron chi connectivity index (χ1n) is 5.22. The van der Waals surface area contributed by atoms with E-state index in [2.05, 4.69) is 20.5 Å². The van der Waals surface area contributed by atoms with Crippen LogP contribution < -0.4 is 5.32 Å². The third kappa shape index (κ3) is 2.45. The van der Waals surface area contributed by atoms with Crippen molar-refractivity contribution in [2.75, 3.05) is 0 Å². The van der Waals surface area contributed by atoms with E-state index in [1.807, 2.05) is 0 Å². The van der Waals surface area contributed by atoms with Crippen LogP contribution in [0.25, 0.3) is 0 Å². The Labute approximate surface area is 102 Å². The Hall–Kier alpha value is -2.44. The standard InChI is InChI=1S/C11H11FN4O2/c1-6(10-13-5-14-16-10)15-11(18)8-3-2-7(12)4-9(8)17/h2-6,17H,1H3,(H,15,18)(H,13,14,16). The van der Waals surface area contributed by atoms with Crippen LogP contribution in [-0.2, 0) is 0 Å². The number of nitrogens with one attached hydrogen (secondary N) is 2. The molecule has 0 bridgehead atoms. The molecule has 2 aromatic rings. The Balaban J connectivity index is 2.12. The Morgan fingerprint density at radius 2 is 2.33 bits per heavy atom. The van der Waals surface area contributed by atoms with Crippen LogP contribution >= 0.6 is 0 Å². The number of hydrogen-bond acceptors (Lipinski definition) is 4. The van der Waals surface area contributed by atoms with Crippen molar-refractivity contribution >= 4 is 5.91 Å². The van der Waals surface area contributed by atoms with Crippen molar-refractivity contribution in [1.82, 2.24) is 20.5 Å². The summed E-state index contributed by atoms with van der Waals surface area (Å²) in [4.78, 5) is 15.7. The van der Waals surface area contributed by atoms with Gasteiger partial charge in [-0.3, -0.25) is 9.89 Å². The summed E-state index contributed by atoms with van der Waals surface area (Å²) >= 11 is 0. The summed E-state index contributed by atoms with van der Waals surface area (Å²) in [6.07, 6.45) is 1.33. The summed E-state index contributed by atoms with van der Waals surface area (Å²) < 4.78 is 12.8. The van der Waals surface area contributed by atoms with Crippen LogP contribution in [0, 0.1) is 5.82 Å². The number of carbonyl (C=O) groups is 1. The van der Waals surface area contributed by atoms with Crippen molar-refractivity contribution in [2.45, 2.75) is 13.0 Å². The molecular weight excluding hydrogens is 239 g/mol. The molecule has 1 aromatic heterocycles. The number of carbonyl (C=O) groups excluding carboxylic acids is 1. The monoisotopic (exact) mass is 250 g/mol. The second-order valence-corrected chi connectivity index (χ2v) is 3.73. The third-order valence-electron chi connectivity index (χ3n) is 2.40. The molecule has 0 aliphatic heterocycles. The summed E-state index contributed by atoms with van der Waals surface area (Å²) in [5, 5.41) is 18.4. The Bertz CT molecular complexity index is 556. The molecule has 0 saturated heterocycles. The summed E-state index contributed by atoms with van der Waals surface area (Å²) in [7, 11) is 0. The lowest BCUT2D eigenvalue weighted by Crippen LogP contribution is -2.27. The fraction of sp³-hybridized carbons (Fsp3) is 0.182. The molecule has 94 valence electrons. The van der Waals surface area contributed by atoms with E-state index in [4.69, 9.17) is 0 Å². The molecule has 1 aromatic carbocycles. The molecule has 1 heterocycles. The quantitative estimate of drug-likeness (QED) is 0.761. The van der Waals surface area contributed by atoms with Gasteiger partial charge in [0, 0.05) is 6.07 Å². The largest absolute Gasteiger partial charge is 0.507 e. The second kappa shape index (κ2) is 4.82. The van der Waals surface area contributed by atoms with Gasteiger partial charge in [0.2, 0.25) is 0 Å². The molecule has 1 unspecified atom stereocenters. The topological polar surface area (TPSA) is 90.9 Å². The number of hydrogen-bond donors (Lipinski definition) is 3. The van der Waals surface area contributed by atoms with Crippen LogP contribution in [0.4, 0.5) is 4.39 Å². The first kappa shape index (κ1) is 12.0. The van der Waals surface area contributed by atoms with Crippen molar-refractivity contribution in [3.63, 3.8) is 0 Å². The van der Waals surface area contributed by atoms with Crippen molar-refractivity contribution in [2.24, 2.45) is 0 Å². The molecule has 1 amide bonds. The van der Waals surface area contributed by atoms with Crippen LogP contribution in [-0.4, -0.2) is 26.2 Å². The Morgan fingerprint density at radius 3 is 2.94 bits per heavy atom. The average molecular weight is 250 g/mol. The van der Waals surface area contributed by atoms with E-state index in [1.165, 1.54) is 12.4 Å². The molecular formula is C11H11FN4O2. The number of phenols is 1. The number of benzene rings is 1. The van der Waals surface area contributed by atoms with E-state index in [0.29, 0.717) is 5.82 Å². The van der Waals surface area contributed by atoms with Gasteiger partial charge in [-0.25, -0.2) is 9.37 Å². The number of aromatic nitrogens is 3. The van der Waals surface area contributed by atoms with Crippen LogP contribution in [0.1, 0.15) is 29.1 Å².